The number of anilines is 1. The zero-order valence-electron chi connectivity index (χ0n) is 11.8. The van der Waals surface area contributed by atoms with Crippen molar-refractivity contribution < 1.29 is 18.0 Å². The molecule has 1 aliphatic carbocycles. The Hall–Kier alpha value is -0.930. The highest BCUT2D eigenvalue weighted by Crippen LogP contribution is 2.39. The van der Waals surface area contributed by atoms with Crippen molar-refractivity contribution in [1.82, 2.24) is 10.2 Å². The van der Waals surface area contributed by atoms with Crippen molar-refractivity contribution in [3.63, 3.8) is 0 Å². The Morgan fingerprint density at radius 1 is 1.27 bits per heavy atom. The summed E-state index contributed by atoms with van der Waals surface area (Å²) in [4.78, 5) is 12.0. The Balaban J connectivity index is 0.00000242. The van der Waals surface area contributed by atoms with Crippen LogP contribution >= 0.6 is 23.7 Å². The molecule has 3 N–H and O–H groups in total. The summed E-state index contributed by atoms with van der Waals surface area (Å²) in [7, 11) is 0. The maximum atomic E-state index is 12.4. The van der Waals surface area contributed by atoms with Crippen LogP contribution in [-0.2, 0) is 11.0 Å². The number of carbonyl (C=O) groups excluding carboxylic acids is 1. The summed E-state index contributed by atoms with van der Waals surface area (Å²) in [6.45, 7) is 0.407. The van der Waals surface area contributed by atoms with E-state index < -0.39 is 11.2 Å². The predicted octanol–water partition coefficient (Wildman–Crippen LogP) is 3.22. The minimum absolute atomic E-state index is 0. The Morgan fingerprint density at radius 3 is 2.41 bits per heavy atom. The van der Waals surface area contributed by atoms with E-state index in [1.165, 1.54) is 0 Å². The fraction of sp³-hybridized carbons (Fsp3) is 0.750. The van der Waals surface area contributed by atoms with Crippen LogP contribution in [0.2, 0.25) is 0 Å². The Labute approximate surface area is 136 Å². The van der Waals surface area contributed by atoms with E-state index in [4.69, 9.17) is 5.73 Å². The minimum atomic E-state index is -4.54. The molecule has 5 nitrogen and oxygen atoms in total. The number of halogens is 4. The Bertz CT molecular complexity index is 503. The number of nitrogens with two attached hydrogens (primary N) is 1. The second kappa shape index (κ2) is 7.56. The number of amides is 1. The lowest BCUT2D eigenvalue weighted by Gasteiger charge is -2.35. The first-order chi connectivity index (χ1) is 9.85. The molecule has 0 aliphatic heterocycles. The first kappa shape index (κ1) is 19.1. The smallest absolute Gasteiger partial charge is 0.330 e. The molecule has 126 valence electrons. The molecule has 10 heteroatoms. The van der Waals surface area contributed by atoms with Gasteiger partial charge in [0, 0.05) is 6.42 Å². The van der Waals surface area contributed by atoms with Gasteiger partial charge in [-0.05, 0) is 24.8 Å². The summed E-state index contributed by atoms with van der Waals surface area (Å²) in [6, 6.07) is 0. The van der Waals surface area contributed by atoms with E-state index in [-0.39, 0.29) is 35.3 Å². The maximum absolute atomic E-state index is 12.4. The van der Waals surface area contributed by atoms with Gasteiger partial charge in [-0.15, -0.1) is 22.6 Å². The summed E-state index contributed by atoms with van der Waals surface area (Å²) in [5, 5.41) is 7.57. The fourth-order valence-corrected chi connectivity index (χ4v) is 3.27. The van der Waals surface area contributed by atoms with Gasteiger partial charge in [-0.25, -0.2) is 0 Å². The van der Waals surface area contributed by atoms with Crippen LogP contribution in [0.15, 0.2) is 0 Å². The van der Waals surface area contributed by atoms with E-state index in [1.54, 1.807) is 0 Å². The summed E-state index contributed by atoms with van der Waals surface area (Å²) >= 11 is 0.326. The number of hydrogen-bond donors (Lipinski definition) is 2. The van der Waals surface area contributed by atoms with Gasteiger partial charge in [0.25, 0.3) is 0 Å². The third-order valence-electron chi connectivity index (χ3n) is 3.80. The second-order valence-electron chi connectivity index (χ2n) is 5.40. The van der Waals surface area contributed by atoms with Gasteiger partial charge in [-0.3, -0.25) is 4.79 Å². The highest BCUT2D eigenvalue weighted by atomic mass is 35.5. The van der Waals surface area contributed by atoms with Crippen LogP contribution in [0.5, 0.6) is 0 Å². The topological polar surface area (TPSA) is 80.9 Å². The molecule has 1 aliphatic rings. The van der Waals surface area contributed by atoms with Crippen LogP contribution in [0, 0.1) is 5.41 Å². The Kier molecular flexibility index (Phi) is 6.57. The molecule has 1 amide bonds. The average molecular weight is 359 g/mol. The standard InChI is InChI=1S/C12H17F3N4OS.ClH/c13-12(14,15)9-18-19-10(21-9)17-8(20)6-11(7-16)4-2-1-3-5-11;/h1-7,16H2,(H,17,19,20);1H. The molecule has 0 radical (unpaired) electrons. The molecule has 1 heterocycles. The number of rotatable bonds is 4. The molecule has 0 bridgehead atoms. The number of hydrogen-bond acceptors (Lipinski definition) is 5. The molecular weight excluding hydrogens is 341 g/mol. The highest BCUT2D eigenvalue weighted by Gasteiger charge is 2.36. The lowest BCUT2D eigenvalue weighted by molar-refractivity contribution is -0.138. The van der Waals surface area contributed by atoms with Crippen molar-refractivity contribution in [2.75, 3.05) is 11.9 Å². The minimum Gasteiger partial charge on any atom is -0.330 e. The average Bonchev–Trinajstić information content (AvgIpc) is 2.88. The van der Waals surface area contributed by atoms with Crippen molar-refractivity contribution >= 4 is 34.8 Å². The van der Waals surface area contributed by atoms with Crippen LogP contribution in [-0.4, -0.2) is 22.6 Å². The zero-order valence-corrected chi connectivity index (χ0v) is 13.4. The van der Waals surface area contributed by atoms with Crippen molar-refractivity contribution in [3.8, 4) is 0 Å². The molecule has 1 aromatic rings. The molecular formula is C12H18ClF3N4OS. The van der Waals surface area contributed by atoms with Crippen LogP contribution < -0.4 is 11.1 Å². The molecule has 1 saturated carbocycles. The lowest BCUT2D eigenvalue weighted by atomic mass is 9.72. The summed E-state index contributed by atoms with van der Waals surface area (Å²) in [5.41, 5.74) is 5.55. The van der Waals surface area contributed by atoms with Crippen molar-refractivity contribution in [2.45, 2.75) is 44.7 Å². The predicted molar refractivity (Wildman–Crippen MR) is 80.0 cm³/mol. The number of aromatic nitrogens is 2. The molecule has 0 atom stereocenters. The third-order valence-corrected chi connectivity index (χ3v) is 4.68. The maximum Gasteiger partial charge on any atom is 0.445 e. The fourth-order valence-electron chi connectivity index (χ4n) is 2.65. The van der Waals surface area contributed by atoms with Crippen LogP contribution in [0.25, 0.3) is 0 Å². The molecule has 0 unspecified atom stereocenters. The molecule has 0 spiro atoms. The lowest BCUT2D eigenvalue weighted by Crippen LogP contribution is -2.36. The van der Waals surface area contributed by atoms with E-state index in [0.717, 1.165) is 32.1 Å². The van der Waals surface area contributed by atoms with Gasteiger partial charge >= 0.3 is 6.18 Å². The molecule has 1 aromatic heterocycles. The van der Waals surface area contributed by atoms with Gasteiger partial charge in [0.2, 0.25) is 16.0 Å². The first-order valence-electron chi connectivity index (χ1n) is 6.75. The van der Waals surface area contributed by atoms with Crippen LogP contribution in [0.3, 0.4) is 0 Å². The highest BCUT2D eigenvalue weighted by molar-refractivity contribution is 7.15. The van der Waals surface area contributed by atoms with Crippen molar-refractivity contribution in [1.29, 1.82) is 0 Å². The number of carbonyl (C=O) groups is 1. The molecule has 0 saturated heterocycles. The molecule has 0 aromatic carbocycles. The number of nitrogens with zero attached hydrogens (tertiary/aromatic N) is 2. The van der Waals surface area contributed by atoms with Crippen LogP contribution in [0.1, 0.15) is 43.5 Å². The quantitative estimate of drug-likeness (QED) is 0.866. The zero-order chi connectivity index (χ0) is 15.5. The number of alkyl halides is 3. The van der Waals surface area contributed by atoms with E-state index >= 15 is 0 Å². The van der Waals surface area contributed by atoms with Gasteiger partial charge in [0.15, 0.2) is 0 Å². The molecule has 2 rings (SSSR count). The van der Waals surface area contributed by atoms with Gasteiger partial charge in [-0.2, -0.15) is 13.2 Å². The van der Waals surface area contributed by atoms with Gasteiger partial charge in [0.1, 0.15) is 0 Å². The normalized spacial score (nSPS) is 17.6. The monoisotopic (exact) mass is 358 g/mol. The van der Waals surface area contributed by atoms with Crippen LogP contribution in [0.4, 0.5) is 18.3 Å². The molecule has 1 fully saturated rings. The van der Waals surface area contributed by atoms with Gasteiger partial charge < -0.3 is 11.1 Å². The van der Waals surface area contributed by atoms with E-state index in [1.807, 2.05) is 0 Å². The molecule has 22 heavy (non-hydrogen) atoms. The van der Waals surface area contributed by atoms with E-state index in [9.17, 15) is 18.0 Å². The summed E-state index contributed by atoms with van der Waals surface area (Å²) < 4.78 is 37.2. The second-order valence-corrected chi connectivity index (χ2v) is 6.38. The SMILES string of the molecule is Cl.NCC1(CC(=O)Nc2nnc(C(F)(F)F)s2)CCCCC1. The number of nitrogens with one attached hydrogen (secondary N) is 1. The van der Waals surface area contributed by atoms with E-state index in [2.05, 4.69) is 15.5 Å². The Morgan fingerprint density at radius 2 is 1.91 bits per heavy atom. The first-order valence-corrected chi connectivity index (χ1v) is 7.57. The summed E-state index contributed by atoms with van der Waals surface area (Å²) in [5.74, 6) is -0.354. The van der Waals surface area contributed by atoms with Crippen molar-refractivity contribution in [2.24, 2.45) is 11.1 Å². The van der Waals surface area contributed by atoms with Gasteiger partial charge in [-0.1, -0.05) is 30.6 Å². The van der Waals surface area contributed by atoms with Crippen molar-refractivity contribution in [3.05, 3.63) is 5.01 Å². The summed E-state index contributed by atoms with van der Waals surface area (Å²) in [6.07, 6.45) is 0.617. The van der Waals surface area contributed by atoms with Gasteiger partial charge in [0.05, 0.1) is 0 Å². The largest absolute Gasteiger partial charge is 0.445 e. The third kappa shape index (κ3) is 4.79. The van der Waals surface area contributed by atoms with E-state index in [0.29, 0.717) is 17.9 Å².